The number of urea groups is 1. The monoisotopic (exact) mass is 411 g/mol. The van der Waals surface area contributed by atoms with Crippen LogP contribution in [0.3, 0.4) is 0 Å². The van der Waals surface area contributed by atoms with Crippen molar-refractivity contribution in [1.29, 1.82) is 0 Å². The van der Waals surface area contributed by atoms with E-state index >= 15 is 0 Å². The lowest BCUT2D eigenvalue weighted by Gasteiger charge is -2.35. The van der Waals surface area contributed by atoms with Gasteiger partial charge in [-0.25, -0.2) is 28.5 Å². The molecule has 0 spiro atoms. The van der Waals surface area contributed by atoms with Gasteiger partial charge in [-0.3, -0.25) is 0 Å². The third-order valence-electron chi connectivity index (χ3n) is 4.61. The summed E-state index contributed by atoms with van der Waals surface area (Å²) in [5.74, 6) is -0.499. The smallest absolute Gasteiger partial charge is 0.323 e. The summed E-state index contributed by atoms with van der Waals surface area (Å²) in [4.78, 5) is 29.3. The number of benzene rings is 1. The molecule has 0 bridgehead atoms. The molecule has 0 atom stereocenters. The first kappa shape index (κ1) is 19.5. The number of piperazine rings is 1. The van der Waals surface area contributed by atoms with E-state index < -0.39 is 17.7 Å². The van der Waals surface area contributed by atoms with Gasteiger partial charge < -0.3 is 20.4 Å². The number of carbonyl (C=O) groups is 1. The molecule has 0 radical (unpaired) electrons. The number of hydrogen-bond donors (Lipinski definition) is 2. The van der Waals surface area contributed by atoms with Gasteiger partial charge in [-0.05, 0) is 24.3 Å². The summed E-state index contributed by atoms with van der Waals surface area (Å²) in [7, 11) is 0. The zero-order valence-corrected chi connectivity index (χ0v) is 15.9. The van der Waals surface area contributed by atoms with E-state index in [1.54, 1.807) is 6.20 Å². The van der Waals surface area contributed by atoms with Gasteiger partial charge in [0.1, 0.15) is 5.82 Å². The second-order valence-electron chi connectivity index (χ2n) is 6.64. The highest BCUT2D eigenvalue weighted by Crippen LogP contribution is 2.17. The van der Waals surface area contributed by atoms with E-state index in [0.717, 1.165) is 44.1 Å². The Balaban J connectivity index is 1.31. The summed E-state index contributed by atoms with van der Waals surface area (Å²) in [6.45, 7) is 3.11. The Hall–Kier alpha value is -3.82. The molecule has 8 nitrogen and oxygen atoms in total. The molecule has 2 aromatic heterocycles. The van der Waals surface area contributed by atoms with Crippen LogP contribution in [0.5, 0.6) is 0 Å². The highest BCUT2D eigenvalue weighted by Gasteiger charge is 2.19. The van der Waals surface area contributed by atoms with Gasteiger partial charge >= 0.3 is 6.03 Å². The van der Waals surface area contributed by atoms with Gasteiger partial charge in [-0.1, -0.05) is 6.07 Å². The van der Waals surface area contributed by atoms with Crippen molar-refractivity contribution in [1.82, 2.24) is 15.0 Å². The lowest BCUT2D eigenvalue weighted by atomic mass is 10.3. The zero-order valence-electron chi connectivity index (χ0n) is 15.9. The molecule has 2 amide bonds. The Morgan fingerprint density at radius 3 is 2.20 bits per heavy atom. The van der Waals surface area contributed by atoms with Crippen LogP contribution in [0.15, 0.2) is 55.0 Å². The first-order chi connectivity index (χ1) is 14.6. The average Bonchev–Trinajstić information content (AvgIpc) is 2.77. The van der Waals surface area contributed by atoms with Crippen molar-refractivity contribution >= 4 is 29.2 Å². The zero-order chi connectivity index (χ0) is 20.9. The van der Waals surface area contributed by atoms with Gasteiger partial charge in [0.15, 0.2) is 11.6 Å². The molecule has 0 saturated carbocycles. The van der Waals surface area contributed by atoms with Crippen LogP contribution in [-0.2, 0) is 0 Å². The Morgan fingerprint density at radius 2 is 1.53 bits per heavy atom. The Bertz CT molecular complexity index is 1010. The number of halogens is 2. The summed E-state index contributed by atoms with van der Waals surface area (Å²) in [5.41, 5.74) is 0.515. The molecule has 1 fully saturated rings. The molecule has 0 unspecified atom stereocenters. The van der Waals surface area contributed by atoms with E-state index in [1.807, 2.05) is 18.2 Å². The molecular weight excluding hydrogens is 392 g/mol. The third-order valence-corrected chi connectivity index (χ3v) is 4.61. The minimum atomic E-state index is -1.04. The molecule has 30 heavy (non-hydrogen) atoms. The summed E-state index contributed by atoms with van der Waals surface area (Å²) < 4.78 is 26.2. The first-order valence-corrected chi connectivity index (χ1v) is 9.34. The molecule has 1 saturated heterocycles. The lowest BCUT2D eigenvalue weighted by molar-refractivity contribution is 0.262. The molecule has 1 aliphatic heterocycles. The lowest BCUT2D eigenvalue weighted by Crippen LogP contribution is -2.47. The van der Waals surface area contributed by atoms with Crippen LogP contribution >= 0.6 is 0 Å². The minimum absolute atomic E-state index is 0.134. The number of nitrogens with zero attached hydrogens (tertiary/aromatic N) is 5. The van der Waals surface area contributed by atoms with E-state index in [2.05, 4.69) is 35.4 Å². The molecule has 1 aliphatic rings. The fraction of sp³-hybridized carbons (Fsp3) is 0.200. The van der Waals surface area contributed by atoms with Crippen LogP contribution in [0.4, 0.5) is 36.7 Å². The van der Waals surface area contributed by atoms with Crippen molar-refractivity contribution in [2.45, 2.75) is 0 Å². The van der Waals surface area contributed by atoms with Gasteiger partial charge in [-0.2, -0.15) is 0 Å². The van der Waals surface area contributed by atoms with Crippen LogP contribution < -0.4 is 20.4 Å². The van der Waals surface area contributed by atoms with E-state index in [4.69, 9.17) is 0 Å². The summed E-state index contributed by atoms with van der Waals surface area (Å²) in [5, 5.41) is 4.98. The van der Waals surface area contributed by atoms with E-state index in [-0.39, 0.29) is 5.69 Å². The second kappa shape index (κ2) is 8.68. The number of aromatic nitrogens is 3. The maximum absolute atomic E-state index is 13.2. The van der Waals surface area contributed by atoms with Gasteiger partial charge in [0.05, 0.1) is 18.1 Å². The van der Waals surface area contributed by atoms with Gasteiger partial charge in [0.2, 0.25) is 5.95 Å². The molecule has 10 heteroatoms. The van der Waals surface area contributed by atoms with Crippen molar-refractivity contribution < 1.29 is 13.6 Å². The highest BCUT2D eigenvalue weighted by molar-refractivity contribution is 5.99. The van der Waals surface area contributed by atoms with Crippen molar-refractivity contribution in [3.63, 3.8) is 0 Å². The van der Waals surface area contributed by atoms with Crippen LogP contribution in [-0.4, -0.2) is 47.2 Å². The summed E-state index contributed by atoms with van der Waals surface area (Å²) in [6, 6.07) is 8.34. The van der Waals surface area contributed by atoms with Crippen molar-refractivity contribution in [3.8, 4) is 0 Å². The largest absolute Gasteiger partial charge is 0.353 e. The van der Waals surface area contributed by atoms with E-state index in [1.165, 1.54) is 18.5 Å². The molecule has 3 heterocycles. The van der Waals surface area contributed by atoms with Crippen LogP contribution in [0.2, 0.25) is 0 Å². The number of carbonyl (C=O) groups excluding carboxylic acids is 1. The standard InChI is InChI=1S/C20H19F2N7O/c21-16-5-4-14(11-17(16)22)26-20(30)27-15-12-24-19(25-13-15)29-9-7-28(8-10-29)18-3-1-2-6-23-18/h1-6,11-13H,7-10H2,(H2,26,27,30). The summed E-state index contributed by atoms with van der Waals surface area (Å²) in [6.07, 6.45) is 4.77. The molecule has 3 aromatic rings. The van der Waals surface area contributed by atoms with Crippen LogP contribution in [0.25, 0.3) is 0 Å². The fourth-order valence-electron chi connectivity index (χ4n) is 3.09. The topological polar surface area (TPSA) is 86.3 Å². The maximum atomic E-state index is 13.2. The fourth-order valence-corrected chi connectivity index (χ4v) is 3.09. The summed E-state index contributed by atoms with van der Waals surface area (Å²) >= 11 is 0. The Kier molecular flexibility index (Phi) is 5.64. The minimum Gasteiger partial charge on any atom is -0.353 e. The molecule has 1 aromatic carbocycles. The van der Waals surface area contributed by atoms with Crippen LogP contribution in [0.1, 0.15) is 0 Å². The third kappa shape index (κ3) is 4.59. The number of hydrogen-bond acceptors (Lipinski definition) is 6. The SMILES string of the molecule is O=C(Nc1cnc(N2CCN(c3ccccn3)CC2)nc1)Nc1ccc(F)c(F)c1. The van der Waals surface area contributed by atoms with Gasteiger partial charge in [0.25, 0.3) is 0 Å². The number of nitrogens with one attached hydrogen (secondary N) is 2. The molecule has 4 rings (SSSR count). The van der Waals surface area contributed by atoms with Crippen molar-refractivity contribution in [3.05, 3.63) is 66.6 Å². The van der Waals surface area contributed by atoms with Crippen molar-refractivity contribution in [2.24, 2.45) is 0 Å². The molecule has 154 valence electrons. The number of amides is 2. The van der Waals surface area contributed by atoms with E-state index in [0.29, 0.717) is 11.6 Å². The molecule has 0 aliphatic carbocycles. The first-order valence-electron chi connectivity index (χ1n) is 9.34. The molecule has 2 N–H and O–H groups in total. The number of rotatable bonds is 4. The van der Waals surface area contributed by atoms with Gasteiger partial charge in [0, 0.05) is 44.1 Å². The van der Waals surface area contributed by atoms with Gasteiger partial charge in [-0.15, -0.1) is 0 Å². The number of pyridine rings is 1. The Labute approximate surface area is 171 Å². The highest BCUT2D eigenvalue weighted by atomic mass is 19.2. The Morgan fingerprint density at radius 1 is 0.833 bits per heavy atom. The normalized spacial score (nSPS) is 13.8. The number of anilines is 4. The predicted octanol–water partition coefficient (Wildman–Crippen LogP) is 3.12. The molecular formula is C20H19F2N7O. The maximum Gasteiger partial charge on any atom is 0.323 e. The van der Waals surface area contributed by atoms with Crippen molar-refractivity contribution in [2.75, 3.05) is 46.6 Å². The van der Waals surface area contributed by atoms with Crippen LogP contribution in [0, 0.1) is 11.6 Å². The van der Waals surface area contributed by atoms with E-state index in [9.17, 15) is 13.6 Å². The predicted molar refractivity (Wildman–Crippen MR) is 110 cm³/mol. The second-order valence-corrected chi connectivity index (χ2v) is 6.64. The quantitative estimate of drug-likeness (QED) is 0.686. The average molecular weight is 411 g/mol.